The van der Waals surface area contributed by atoms with Crippen molar-refractivity contribution in [2.75, 3.05) is 39.8 Å². The van der Waals surface area contributed by atoms with Gasteiger partial charge in [-0.3, -0.25) is 0 Å². The largest absolute Gasteiger partial charge is 0.412 e. The first-order valence-corrected chi connectivity index (χ1v) is 14.7. The summed E-state index contributed by atoms with van der Waals surface area (Å²) in [5.41, 5.74) is 3.91. The molecule has 0 spiro atoms. The first-order chi connectivity index (χ1) is 15.7. The summed E-state index contributed by atoms with van der Waals surface area (Å²) in [5.74, 6) is 3.25. The minimum atomic E-state index is 0. The molecule has 7 heteroatoms. The summed E-state index contributed by atoms with van der Waals surface area (Å²) >= 11 is 6.41. The third-order valence-electron chi connectivity index (χ3n) is 9.75. The van der Waals surface area contributed by atoms with Gasteiger partial charge in [0.25, 0.3) is 0 Å². The minimum Gasteiger partial charge on any atom is -0.412 e. The number of hydrogen-bond donors (Lipinski definition) is 1. The smallest absolute Gasteiger partial charge is 0.0336 e. The summed E-state index contributed by atoms with van der Waals surface area (Å²) < 4.78 is 0. The SMILES string of the molecule is C.CC(C)[C@H](CN1CCC(C2CCC(Cl)CC2)C(C)(C)C1)NCCC1CN(C)C2=C1CCCC2.O.O.O. The van der Waals surface area contributed by atoms with E-state index in [-0.39, 0.29) is 23.9 Å². The standard InChI is InChI=1S/C29H52ClN3.CH4.3H2O/c1-21(2)27(31-16-14-23-18-32(5)28-9-7-6-8-25(23)28)19-33-17-15-26(29(3,4)20-33)22-10-12-24(30)13-11-22;;;;/h21-24,26-27,31H,6-20H2,1-5H3;1H4;3*1H2/t22?,23?,24?,26?,27-;;;;/m0..../s1. The molecular weight excluding hydrogens is 486 g/mol. The number of piperidine rings is 1. The molecule has 6 nitrogen and oxygen atoms in total. The van der Waals surface area contributed by atoms with Gasteiger partial charge in [-0.05, 0) is 106 Å². The number of rotatable bonds is 8. The second-order valence-electron chi connectivity index (χ2n) is 13.0. The Labute approximate surface area is 233 Å². The summed E-state index contributed by atoms with van der Waals surface area (Å²) in [6.45, 7) is 16.1. The van der Waals surface area contributed by atoms with Crippen molar-refractivity contribution in [1.29, 1.82) is 0 Å². The van der Waals surface area contributed by atoms with Gasteiger partial charge in [0.15, 0.2) is 0 Å². The van der Waals surface area contributed by atoms with Crippen molar-refractivity contribution in [1.82, 2.24) is 15.1 Å². The Hall–Kier alpha value is -0.370. The maximum atomic E-state index is 6.41. The molecular formula is C30H62ClN3O3. The van der Waals surface area contributed by atoms with Crippen molar-refractivity contribution in [3.05, 3.63) is 11.3 Å². The van der Waals surface area contributed by atoms with E-state index in [9.17, 15) is 0 Å². The molecule has 2 heterocycles. The lowest BCUT2D eigenvalue weighted by Gasteiger charge is -2.49. The summed E-state index contributed by atoms with van der Waals surface area (Å²) in [7, 11) is 2.32. The molecule has 3 atom stereocenters. The van der Waals surface area contributed by atoms with E-state index < -0.39 is 0 Å². The Morgan fingerprint density at radius 1 is 1.00 bits per heavy atom. The topological polar surface area (TPSA) is 113 Å². The zero-order chi connectivity index (χ0) is 23.6. The van der Waals surface area contributed by atoms with Crippen molar-refractivity contribution in [3.63, 3.8) is 0 Å². The van der Waals surface area contributed by atoms with E-state index in [1.54, 1.807) is 11.3 Å². The van der Waals surface area contributed by atoms with Crippen molar-refractivity contribution in [2.24, 2.45) is 29.1 Å². The van der Waals surface area contributed by atoms with E-state index >= 15 is 0 Å². The first kappa shape index (κ1) is 36.6. The highest BCUT2D eigenvalue weighted by Crippen LogP contribution is 2.45. The van der Waals surface area contributed by atoms with E-state index in [1.807, 2.05) is 0 Å². The Bertz CT molecular complexity index is 679. The van der Waals surface area contributed by atoms with Crippen LogP contribution in [0.15, 0.2) is 11.3 Å². The average molecular weight is 548 g/mol. The van der Waals surface area contributed by atoms with Gasteiger partial charge >= 0.3 is 0 Å². The molecule has 0 aromatic carbocycles. The highest BCUT2D eigenvalue weighted by Gasteiger charge is 2.41. The van der Waals surface area contributed by atoms with Gasteiger partial charge in [0, 0.05) is 49.7 Å². The molecule has 2 unspecified atom stereocenters. The van der Waals surface area contributed by atoms with Crippen LogP contribution in [0, 0.1) is 29.1 Å². The predicted octanol–water partition coefficient (Wildman–Crippen LogP) is 4.69. The van der Waals surface area contributed by atoms with Crippen LogP contribution in [0.1, 0.15) is 99.3 Å². The molecule has 1 saturated carbocycles. The number of nitrogens with one attached hydrogen (secondary N) is 1. The lowest BCUT2D eigenvalue weighted by molar-refractivity contribution is 0.00482. The second-order valence-corrected chi connectivity index (χ2v) is 13.6. The lowest BCUT2D eigenvalue weighted by atomic mass is 9.64. The Balaban J connectivity index is 0.00000324. The Kier molecular flexibility index (Phi) is 15.9. The normalized spacial score (nSPS) is 30.4. The monoisotopic (exact) mass is 547 g/mol. The van der Waals surface area contributed by atoms with Crippen LogP contribution >= 0.6 is 11.6 Å². The maximum absolute atomic E-state index is 6.41. The molecule has 0 aromatic heterocycles. The Morgan fingerprint density at radius 3 is 2.27 bits per heavy atom. The summed E-state index contributed by atoms with van der Waals surface area (Å²) in [5, 5.41) is 4.45. The Morgan fingerprint density at radius 2 is 1.65 bits per heavy atom. The molecule has 4 aliphatic rings. The van der Waals surface area contributed by atoms with Crippen molar-refractivity contribution >= 4 is 11.6 Å². The second kappa shape index (κ2) is 16.0. The van der Waals surface area contributed by atoms with Gasteiger partial charge in [0.05, 0.1) is 0 Å². The molecule has 2 aliphatic carbocycles. The van der Waals surface area contributed by atoms with E-state index in [2.05, 4.69) is 49.9 Å². The van der Waals surface area contributed by atoms with Crippen LogP contribution in [-0.2, 0) is 0 Å². The van der Waals surface area contributed by atoms with Gasteiger partial charge in [0.1, 0.15) is 0 Å². The van der Waals surface area contributed by atoms with Crippen LogP contribution in [-0.4, -0.2) is 77.4 Å². The molecule has 2 aliphatic heterocycles. The van der Waals surface area contributed by atoms with Crippen LogP contribution in [0.25, 0.3) is 0 Å². The first-order valence-electron chi connectivity index (χ1n) is 14.3. The van der Waals surface area contributed by atoms with Crippen molar-refractivity contribution in [2.45, 2.75) is 111 Å². The molecule has 0 aromatic rings. The van der Waals surface area contributed by atoms with Crippen LogP contribution in [0.2, 0.25) is 0 Å². The highest BCUT2D eigenvalue weighted by atomic mass is 35.5. The van der Waals surface area contributed by atoms with Gasteiger partial charge < -0.3 is 31.5 Å². The van der Waals surface area contributed by atoms with Crippen LogP contribution in [0.3, 0.4) is 0 Å². The molecule has 0 bridgehead atoms. The van der Waals surface area contributed by atoms with Gasteiger partial charge in [-0.15, -0.1) is 11.6 Å². The zero-order valence-electron chi connectivity index (χ0n) is 23.8. The van der Waals surface area contributed by atoms with E-state index in [4.69, 9.17) is 11.6 Å². The van der Waals surface area contributed by atoms with Crippen LogP contribution in [0.5, 0.6) is 0 Å². The van der Waals surface area contributed by atoms with Crippen LogP contribution < -0.4 is 5.32 Å². The summed E-state index contributed by atoms with van der Waals surface area (Å²) in [6, 6.07) is 0.600. The van der Waals surface area contributed by atoms with E-state index in [0.717, 1.165) is 17.8 Å². The molecule has 1 saturated heterocycles. The average Bonchev–Trinajstić information content (AvgIpc) is 3.09. The molecule has 4 rings (SSSR count). The number of allylic oxidation sites excluding steroid dienone is 1. The quantitative estimate of drug-likeness (QED) is 0.444. The third-order valence-corrected chi connectivity index (χ3v) is 10.2. The number of halogens is 1. The third kappa shape index (κ3) is 9.08. The van der Waals surface area contributed by atoms with Gasteiger partial charge in [0.2, 0.25) is 0 Å². The summed E-state index contributed by atoms with van der Waals surface area (Å²) in [4.78, 5) is 5.34. The molecule has 0 amide bonds. The van der Waals surface area contributed by atoms with Crippen LogP contribution in [0.4, 0.5) is 0 Å². The highest BCUT2D eigenvalue weighted by molar-refractivity contribution is 6.20. The van der Waals surface area contributed by atoms with Gasteiger partial charge in [-0.1, -0.05) is 35.1 Å². The maximum Gasteiger partial charge on any atom is 0.0336 e. The zero-order valence-corrected chi connectivity index (χ0v) is 24.6. The molecule has 7 N–H and O–H groups in total. The fraction of sp³-hybridized carbons (Fsp3) is 0.933. The summed E-state index contributed by atoms with van der Waals surface area (Å²) in [6.07, 6.45) is 13.3. The minimum absolute atomic E-state index is 0. The fourth-order valence-corrected chi connectivity index (χ4v) is 8.08. The van der Waals surface area contributed by atoms with Crippen molar-refractivity contribution in [3.8, 4) is 0 Å². The van der Waals surface area contributed by atoms with E-state index in [1.165, 1.54) is 96.9 Å². The van der Waals surface area contributed by atoms with Gasteiger partial charge in [-0.2, -0.15) is 0 Å². The molecule has 2 fully saturated rings. The van der Waals surface area contributed by atoms with Gasteiger partial charge in [-0.25, -0.2) is 0 Å². The predicted molar refractivity (Wildman–Crippen MR) is 160 cm³/mol. The fourth-order valence-electron chi connectivity index (χ4n) is 7.83. The number of likely N-dealkylation sites (tertiary alicyclic amines) is 1. The number of nitrogens with zero attached hydrogens (tertiary/aromatic N) is 2. The van der Waals surface area contributed by atoms with Crippen molar-refractivity contribution < 1.29 is 16.4 Å². The molecule has 222 valence electrons. The number of hydrogen-bond acceptors (Lipinski definition) is 3. The molecule has 0 radical (unpaired) electrons. The van der Waals surface area contributed by atoms with E-state index in [0.29, 0.717) is 22.8 Å². The number of alkyl halides is 1. The lowest BCUT2D eigenvalue weighted by Crippen LogP contribution is -2.53. The molecule has 37 heavy (non-hydrogen) atoms.